The molecule has 180 valence electrons. The number of carboxylic acids is 2. The predicted molar refractivity (Wildman–Crippen MR) is 105 cm³/mol. The van der Waals surface area contributed by atoms with Crippen molar-refractivity contribution < 1.29 is 53.7 Å². The van der Waals surface area contributed by atoms with Gasteiger partial charge in [0, 0.05) is 12.3 Å². The molecule has 0 rings (SSSR count). The van der Waals surface area contributed by atoms with Gasteiger partial charge in [0.2, 0.25) is 0 Å². The summed E-state index contributed by atoms with van der Waals surface area (Å²) in [6, 6.07) is 0. The first-order valence-electron chi connectivity index (χ1n) is 9.97. The fraction of sp³-hybridized carbons (Fsp3) is 0.800. The molecule has 0 saturated carbocycles. The molecule has 0 aliphatic rings. The van der Waals surface area contributed by atoms with Crippen LogP contribution in [0, 0.1) is 17.8 Å². The van der Waals surface area contributed by atoms with Gasteiger partial charge in [0.15, 0.2) is 0 Å². The van der Waals surface area contributed by atoms with Crippen molar-refractivity contribution >= 4 is 23.5 Å². The Kier molecular flexibility index (Phi) is 10.9. The second kappa shape index (κ2) is 11.6. The molecule has 0 radical (unpaired) electrons. The Morgan fingerprint density at radius 3 is 1.48 bits per heavy atom. The van der Waals surface area contributed by atoms with Gasteiger partial charge in [-0.05, 0) is 6.42 Å². The van der Waals surface area contributed by atoms with Crippen molar-refractivity contribution in [3.05, 3.63) is 0 Å². The molecule has 0 aromatic heterocycles. The van der Waals surface area contributed by atoms with Crippen LogP contribution in [0.2, 0.25) is 0 Å². The minimum atomic E-state index is -1.91. The summed E-state index contributed by atoms with van der Waals surface area (Å²) in [7, 11) is 10.1. The minimum Gasteiger partial charge on any atom is -0.549 e. The topological polar surface area (TPSA) is 175 Å². The molecule has 0 fully saturated rings. The van der Waals surface area contributed by atoms with E-state index in [9.17, 15) is 44.7 Å². The van der Waals surface area contributed by atoms with E-state index < -0.39 is 66.5 Å². The molecule has 31 heavy (non-hydrogen) atoms. The van der Waals surface area contributed by atoms with E-state index in [2.05, 4.69) is 0 Å². The quantitative estimate of drug-likeness (QED) is 0.164. The highest BCUT2D eigenvalue weighted by Crippen LogP contribution is 2.20. The summed E-state index contributed by atoms with van der Waals surface area (Å²) in [6.45, 7) is -0.924. The van der Waals surface area contributed by atoms with Crippen molar-refractivity contribution in [2.45, 2.75) is 25.0 Å². The zero-order valence-electron chi connectivity index (χ0n) is 19.1. The molecule has 0 bridgehead atoms. The number of carbonyl (C=O) groups is 4. The van der Waals surface area contributed by atoms with Gasteiger partial charge in [0.1, 0.15) is 36.9 Å². The maximum Gasteiger partial charge on any atom is 0.149 e. The van der Waals surface area contributed by atoms with E-state index in [4.69, 9.17) is 0 Å². The molecule has 11 heteroatoms. The Bertz CT molecular complexity index is 652. The number of carboxylic acid groups (broad SMARTS) is 2. The number of hydrogen-bond acceptors (Lipinski definition) is 9. The molecular formula is C20H36N2O9. The van der Waals surface area contributed by atoms with E-state index in [1.54, 1.807) is 42.3 Å². The Balaban J connectivity index is 5.37. The number of quaternary nitrogens is 2. The number of ketones is 2. The summed E-state index contributed by atoms with van der Waals surface area (Å²) in [5, 5.41) is 52.8. The second-order valence-electron chi connectivity index (χ2n) is 9.96. The lowest BCUT2D eigenvalue weighted by Gasteiger charge is -2.32. The molecule has 5 unspecified atom stereocenters. The largest absolute Gasteiger partial charge is 0.549 e. The molecule has 3 N–H and O–H groups in total. The van der Waals surface area contributed by atoms with Crippen LogP contribution < -0.4 is 10.2 Å². The molecule has 0 saturated heterocycles. The fourth-order valence-corrected chi connectivity index (χ4v) is 3.35. The molecule has 0 amide bonds. The van der Waals surface area contributed by atoms with Gasteiger partial charge in [-0.25, -0.2) is 0 Å². The second-order valence-corrected chi connectivity index (χ2v) is 9.96. The molecule has 0 heterocycles. The van der Waals surface area contributed by atoms with E-state index in [0.29, 0.717) is 0 Å². The Morgan fingerprint density at radius 2 is 1.16 bits per heavy atom. The van der Waals surface area contributed by atoms with Crippen LogP contribution in [-0.2, 0) is 19.2 Å². The lowest BCUT2D eigenvalue weighted by Crippen LogP contribution is -2.52. The average molecular weight is 449 g/mol. The van der Waals surface area contributed by atoms with Crippen molar-refractivity contribution in [3.8, 4) is 0 Å². The number of likely N-dealkylation sites (N-methyl/N-ethyl adjacent to an activating group) is 2. The summed E-state index contributed by atoms with van der Waals surface area (Å²) in [5.74, 6) is -10.5. The number of rotatable bonds is 15. The standard InChI is InChI=1S/C20H36N2O9/c1-21(2,3)9-14(25)16(19(28)29)13(24)8-7-12(11-23)18(27)17(20(30)31)15(26)10-22(4,5)6/h12,14-17,23,25-26H,7-11H2,1-6H3. The van der Waals surface area contributed by atoms with Gasteiger partial charge in [-0.1, -0.05) is 0 Å². The van der Waals surface area contributed by atoms with Crippen LogP contribution in [0.15, 0.2) is 0 Å². The predicted octanol–water partition coefficient (Wildman–Crippen LogP) is -4.62. The van der Waals surface area contributed by atoms with Crippen molar-refractivity contribution in [1.82, 2.24) is 0 Å². The summed E-state index contributed by atoms with van der Waals surface area (Å²) in [6.07, 6.45) is -3.96. The highest BCUT2D eigenvalue weighted by Gasteiger charge is 2.37. The minimum absolute atomic E-state index is 0.0449. The highest BCUT2D eigenvalue weighted by atomic mass is 16.4. The number of aliphatic hydroxyl groups is 3. The SMILES string of the molecule is C[N+](C)(C)CC(O)C(C(=O)[O-])C(=O)CCC(CO)C(=O)C(C(=O)[O-])C(O)C[N+](C)(C)C. The summed E-state index contributed by atoms with van der Waals surface area (Å²) >= 11 is 0. The maximum atomic E-state index is 12.6. The summed E-state index contributed by atoms with van der Waals surface area (Å²) in [5.41, 5.74) is 0. The van der Waals surface area contributed by atoms with Crippen LogP contribution in [0.1, 0.15) is 12.8 Å². The number of aliphatic hydroxyl groups excluding tert-OH is 3. The van der Waals surface area contributed by atoms with Crippen LogP contribution >= 0.6 is 0 Å². The highest BCUT2D eigenvalue weighted by molar-refractivity contribution is 6.00. The van der Waals surface area contributed by atoms with Crippen molar-refractivity contribution in [1.29, 1.82) is 0 Å². The first kappa shape index (κ1) is 29.1. The Hall–Kier alpha value is -1.92. The van der Waals surface area contributed by atoms with Crippen molar-refractivity contribution in [2.75, 3.05) is 62.0 Å². The monoisotopic (exact) mass is 448 g/mol. The summed E-state index contributed by atoms with van der Waals surface area (Å²) < 4.78 is 0.353. The third-order valence-electron chi connectivity index (χ3n) is 4.76. The molecule has 11 nitrogen and oxygen atoms in total. The molecule has 0 aliphatic heterocycles. The van der Waals surface area contributed by atoms with Crippen LogP contribution in [0.4, 0.5) is 0 Å². The van der Waals surface area contributed by atoms with Crippen LogP contribution in [0.5, 0.6) is 0 Å². The number of Topliss-reactive ketones (excluding diaryl/α,β-unsaturated/α-hetero) is 2. The number of nitrogens with zero attached hydrogens (tertiary/aromatic N) is 2. The van der Waals surface area contributed by atoms with Crippen LogP contribution in [0.3, 0.4) is 0 Å². The fourth-order valence-electron chi connectivity index (χ4n) is 3.35. The normalized spacial score (nSPS) is 17.3. The van der Waals surface area contributed by atoms with Gasteiger partial charge in [0.05, 0.1) is 72.7 Å². The van der Waals surface area contributed by atoms with Gasteiger partial charge in [-0.15, -0.1) is 0 Å². The van der Waals surface area contributed by atoms with Gasteiger partial charge >= 0.3 is 0 Å². The zero-order valence-corrected chi connectivity index (χ0v) is 19.1. The van der Waals surface area contributed by atoms with Crippen molar-refractivity contribution in [2.24, 2.45) is 17.8 Å². The van der Waals surface area contributed by atoms with E-state index in [0.717, 1.165) is 0 Å². The molecule has 0 aromatic carbocycles. The molecule has 0 spiro atoms. The average Bonchev–Trinajstić information content (AvgIpc) is 2.51. The molecule has 5 atom stereocenters. The van der Waals surface area contributed by atoms with Gasteiger partial charge < -0.3 is 44.1 Å². The van der Waals surface area contributed by atoms with Gasteiger partial charge in [0.25, 0.3) is 0 Å². The molecule has 0 aliphatic carbocycles. The van der Waals surface area contributed by atoms with Crippen LogP contribution in [-0.4, -0.2) is 122 Å². The number of hydrogen-bond donors (Lipinski definition) is 3. The first-order valence-corrected chi connectivity index (χ1v) is 9.97. The van der Waals surface area contributed by atoms with Gasteiger partial charge in [-0.2, -0.15) is 0 Å². The molecular weight excluding hydrogens is 412 g/mol. The number of aliphatic carboxylic acids is 2. The smallest absolute Gasteiger partial charge is 0.149 e. The lowest BCUT2D eigenvalue weighted by atomic mass is 9.84. The van der Waals surface area contributed by atoms with E-state index in [-0.39, 0.29) is 28.5 Å². The maximum absolute atomic E-state index is 12.6. The first-order chi connectivity index (χ1) is 13.9. The van der Waals surface area contributed by atoms with Crippen LogP contribution in [0.25, 0.3) is 0 Å². The van der Waals surface area contributed by atoms with Gasteiger partial charge in [-0.3, -0.25) is 9.59 Å². The lowest BCUT2D eigenvalue weighted by molar-refractivity contribution is -0.873. The van der Waals surface area contributed by atoms with E-state index in [1.165, 1.54) is 0 Å². The number of carbonyl (C=O) groups excluding carboxylic acids is 4. The zero-order chi connectivity index (χ0) is 24.7. The molecule has 0 aromatic rings. The van der Waals surface area contributed by atoms with E-state index >= 15 is 0 Å². The Labute approximate surface area is 182 Å². The summed E-state index contributed by atoms with van der Waals surface area (Å²) in [4.78, 5) is 47.9. The van der Waals surface area contributed by atoms with Crippen molar-refractivity contribution in [3.63, 3.8) is 0 Å². The third kappa shape index (κ3) is 10.3. The Morgan fingerprint density at radius 1 is 0.774 bits per heavy atom. The third-order valence-corrected chi connectivity index (χ3v) is 4.76. The van der Waals surface area contributed by atoms with E-state index in [1.807, 2.05) is 0 Å².